The Hall–Kier alpha value is -0.690. The zero-order valence-corrected chi connectivity index (χ0v) is 16.2. The molecule has 6 heteroatoms. The van der Waals surface area contributed by atoms with E-state index in [1.165, 1.54) is 0 Å². The van der Waals surface area contributed by atoms with Gasteiger partial charge < -0.3 is 24.8 Å². The molecule has 3 atom stereocenters. The summed E-state index contributed by atoms with van der Waals surface area (Å²) in [4.78, 5) is 14.9. The van der Waals surface area contributed by atoms with Crippen molar-refractivity contribution in [1.29, 1.82) is 0 Å². The predicted octanol–water partition coefficient (Wildman–Crippen LogP) is 1.70. The van der Waals surface area contributed by atoms with E-state index in [1.807, 2.05) is 4.90 Å². The highest BCUT2D eigenvalue weighted by Gasteiger charge is 2.37. The first-order valence-electron chi connectivity index (χ1n) is 10.6. The Morgan fingerprint density at radius 3 is 2.58 bits per heavy atom. The van der Waals surface area contributed by atoms with Crippen LogP contribution in [0.4, 0.5) is 0 Å². The van der Waals surface area contributed by atoms with Crippen LogP contribution in [0.1, 0.15) is 58.3 Å². The number of carbonyl (C=O) groups excluding carboxylic acids is 1. The fraction of sp³-hybridized carbons (Fsp3) is 0.950. The lowest BCUT2D eigenvalue weighted by atomic mass is 9.82. The maximum Gasteiger partial charge on any atom is 0.225 e. The van der Waals surface area contributed by atoms with E-state index in [-0.39, 0.29) is 30.1 Å². The molecule has 3 fully saturated rings. The molecular formula is C20H36N2O4. The molecule has 0 unspecified atom stereocenters. The fourth-order valence-electron chi connectivity index (χ4n) is 4.52. The Morgan fingerprint density at radius 1 is 1.15 bits per heavy atom. The Morgan fingerprint density at radius 2 is 1.88 bits per heavy atom. The molecule has 6 nitrogen and oxygen atoms in total. The van der Waals surface area contributed by atoms with Gasteiger partial charge >= 0.3 is 0 Å². The Labute approximate surface area is 157 Å². The third kappa shape index (κ3) is 5.41. The van der Waals surface area contributed by atoms with E-state index in [2.05, 4.69) is 12.2 Å². The number of hydrogen-bond donors (Lipinski definition) is 2. The molecule has 26 heavy (non-hydrogen) atoms. The Bertz CT molecular complexity index is 434. The second-order valence-corrected chi connectivity index (χ2v) is 8.14. The van der Waals surface area contributed by atoms with E-state index in [0.717, 1.165) is 58.3 Å². The van der Waals surface area contributed by atoms with Crippen LogP contribution in [0.3, 0.4) is 0 Å². The number of carbonyl (C=O) groups is 1. The lowest BCUT2D eigenvalue weighted by molar-refractivity contribution is -0.140. The quantitative estimate of drug-likeness (QED) is 0.747. The van der Waals surface area contributed by atoms with Gasteiger partial charge in [-0.05, 0) is 51.4 Å². The average molecular weight is 369 g/mol. The van der Waals surface area contributed by atoms with Crippen LogP contribution in [0.25, 0.3) is 0 Å². The van der Waals surface area contributed by atoms with Crippen molar-refractivity contribution in [1.82, 2.24) is 10.2 Å². The molecule has 2 N–H and O–H groups in total. The van der Waals surface area contributed by atoms with Crippen LogP contribution >= 0.6 is 0 Å². The minimum atomic E-state index is -0.236. The molecule has 0 aromatic rings. The first kappa shape index (κ1) is 20.1. The molecule has 1 aliphatic carbocycles. The monoisotopic (exact) mass is 368 g/mol. The molecule has 1 saturated carbocycles. The van der Waals surface area contributed by atoms with Gasteiger partial charge in [-0.15, -0.1) is 0 Å². The molecule has 2 saturated heterocycles. The first-order chi connectivity index (χ1) is 12.7. The summed E-state index contributed by atoms with van der Waals surface area (Å²) in [7, 11) is 0. The van der Waals surface area contributed by atoms with Crippen LogP contribution in [0.5, 0.6) is 0 Å². The van der Waals surface area contributed by atoms with Crippen LogP contribution in [-0.4, -0.2) is 73.1 Å². The van der Waals surface area contributed by atoms with Gasteiger partial charge in [0.25, 0.3) is 0 Å². The van der Waals surface area contributed by atoms with Crippen molar-refractivity contribution in [2.24, 2.45) is 5.92 Å². The van der Waals surface area contributed by atoms with Crippen LogP contribution in [0.2, 0.25) is 0 Å². The topological polar surface area (TPSA) is 71.0 Å². The first-order valence-corrected chi connectivity index (χ1v) is 10.6. The van der Waals surface area contributed by atoms with Crippen molar-refractivity contribution >= 4 is 5.91 Å². The van der Waals surface area contributed by atoms with Crippen LogP contribution < -0.4 is 5.32 Å². The number of rotatable bonds is 6. The number of amides is 1. The molecule has 2 aliphatic heterocycles. The Balaban J connectivity index is 1.57. The zero-order chi connectivity index (χ0) is 18.4. The number of ether oxygens (including phenoxy) is 2. The number of hydrogen-bond acceptors (Lipinski definition) is 5. The van der Waals surface area contributed by atoms with Gasteiger partial charge in [-0.25, -0.2) is 0 Å². The SMILES string of the molecule is CCCO[C@@H]1CC[C@H](C(=O)N2CCC(O)CC2)C[C@H]1NC1CCOCC1. The Kier molecular flexibility index (Phi) is 7.73. The third-order valence-corrected chi connectivity index (χ3v) is 6.12. The number of aliphatic hydroxyl groups is 1. The third-order valence-electron chi connectivity index (χ3n) is 6.12. The predicted molar refractivity (Wildman–Crippen MR) is 100.0 cm³/mol. The smallest absolute Gasteiger partial charge is 0.225 e. The number of likely N-dealkylation sites (tertiary alicyclic amines) is 1. The summed E-state index contributed by atoms with van der Waals surface area (Å²) in [5.74, 6) is 0.369. The molecule has 1 amide bonds. The second-order valence-electron chi connectivity index (χ2n) is 8.14. The standard InChI is InChI=1S/C20H36N2O4/c1-2-11-26-19-4-3-15(20(24)22-9-5-17(23)6-10-22)14-18(19)21-16-7-12-25-13-8-16/h15-19,21,23H,2-14H2,1H3/t15-,18+,19+/m0/s1. The van der Waals surface area contributed by atoms with Crippen LogP contribution in [0.15, 0.2) is 0 Å². The molecule has 2 heterocycles. The van der Waals surface area contributed by atoms with Gasteiger partial charge in [0.1, 0.15) is 0 Å². The van der Waals surface area contributed by atoms with Crippen molar-refractivity contribution in [3.63, 3.8) is 0 Å². The van der Waals surface area contributed by atoms with Crippen LogP contribution in [0, 0.1) is 5.92 Å². The number of aliphatic hydroxyl groups excluding tert-OH is 1. The highest BCUT2D eigenvalue weighted by Crippen LogP contribution is 2.30. The largest absolute Gasteiger partial charge is 0.393 e. The number of piperidine rings is 1. The molecule has 150 valence electrons. The van der Waals surface area contributed by atoms with E-state index < -0.39 is 0 Å². The summed E-state index contributed by atoms with van der Waals surface area (Å²) in [6.45, 7) is 5.97. The maximum atomic E-state index is 13.0. The van der Waals surface area contributed by atoms with Gasteiger partial charge in [-0.1, -0.05) is 6.92 Å². The van der Waals surface area contributed by atoms with E-state index >= 15 is 0 Å². The van der Waals surface area contributed by atoms with Crippen molar-refractivity contribution in [2.75, 3.05) is 32.9 Å². The van der Waals surface area contributed by atoms with Gasteiger partial charge in [0, 0.05) is 50.9 Å². The van der Waals surface area contributed by atoms with Crippen molar-refractivity contribution in [2.45, 2.75) is 82.6 Å². The lowest BCUT2D eigenvalue weighted by Crippen LogP contribution is -2.53. The molecule has 0 aromatic carbocycles. The highest BCUT2D eigenvalue weighted by molar-refractivity contribution is 5.79. The number of nitrogens with zero attached hydrogens (tertiary/aromatic N) is 1. The van der Waals surface area contributed by atoms with Gasteiger partial charge in [0.15, 0.2) is 0 Å². The van der Waals surface area contributed by atoms with Crippen molar-refractivity contribution in [3.05, 3.63) is 0 Å². The van der Waals surface area contributed by atoms with E-state index in [4.69, 9.17) is 9.47 Å². The summed E-state index contributed by atoms with van der Waals surface area (Å²) < 4.78 is 11.6. The molecule has 0 bridgehead atoms. The van der Waals surface area contributed by atoms with Crippen LogP contribution in [-0.2, 0) is 14.3 Å². The van der Waals surface area contributed by atoms with Crippen molar-refractivity contribution < 1.29 is 19.4 Å². The minimum Gasteiger partial charge on any atom is -0.393 e. The normalized spacial score (nSPS) is 31.9. The van der Waals surface area contributed by atoms with Crippen molar-refractivity contribution in [3.8, 4) is 0 Å². The molecule has 0 spiro atoms. The van der Waals surface area contributed by atoms with E-state index in [0.29, 0.717) is 32.0 Å². The fourth-order valence-corrected chi connectivity index (χ4v) is 4.52. The summed E-state index contributed by atoms with van der Waals surface area (Å²) in [6, 6.07) is 0.725. The van der Waals surface area contributed by atoms with Gasteiger partial charge in [-0.2, -0.15) is 0 Å². The summed E-state index contributed by atoms with van der Waals surface area (Å²) in [5, 5.41) is 13.5. The van der Waals surface area contributed by atoms with Gasteiger partial charge in [0.05, 0.1) is 12.2 Å². The van der Waals surface area contributed by atoms with E-state index in [9.17, 15) is 9.90 Å². The van der Waals surface area contributed by atoms with Gasteiger partial charge in [-0.3, -0.25) is 4.79 Å². The lowest BCUT2D eigenvalue weighted by Gasteiger charge is -2.41. The molecule has 0 aromatic heterocycles. The second kappa shape index (κ2) is 10.0. The minimum absolute atomic E-state index is 0.0871. The van der Waals surface area contributed by atoms with E-state index in [1.54, 1.807) is 0 Å². The molecular weight excluding hydrogens is 332 g/mol. The molecule has 0 radical (unpaired) electrons. The highest BCUT2D eigenvalue weighted by atomic mass is 16.5. The summed E-state index contributed by atoms with van der Waals surface area (Å²) in [5.41, 5.74) is 0. The summed E-state index contributed by atoms with van der Waals surface area (Å²) in [6.07, 6.45) is 7.24. The maximum absolute atomic E-state index is 13.0. The average Bonchev–Trinajstić information content (AvgIpc) is 2.68. The van der Waals surface area contributed by atoms with Gasteiger partial charge in [0.2, 0.25) is 5.91 Å². The molecule has 3 rings (SSSR count). The number of nitrogens with one attached hydrogen (secondary N) is 1. The summed E-state index contributed by atoms with van der Waals surface area (Å²) >= 11 is 0. The zero-order valence-electron chi connectivity index (χ0n) is 16.2. The molecule has 3 aliphatic rings.